The summed E-state index contributed by atoms with van der Waals surface area (Å²) in [7, 11) is 0. The molecule has 110 valence electrons. The highest BCUT2D eigenvalue weighted by atomic mass is 35.5. The summed E-state index contributed by atoms with van der Waals surface area (Å²) in [6.45, 7) is 1.82. The maximum atomic E-state index is 13.0. The zero-order valence-electron chi connectivity index (χ0n) is 11.6. The fraction of sp³-hybridized carbons (Fsp3) is 0.533. The van der Waals surface area contributed by atoms with Crippen LogP contribution in [0.3, 0.4) is 0 Å². The standard InChI is InChI=1S/C15H20ClFN2O/c1-10(12-6-5-11(17)9-13(12)16)19-14(20)15(18)7-3-2-4-8-15/h5-6,9-10H,2-4,7-8,18H2,1H3,(H,19,20). The predicted molar refractivity (Wildman–Crippen MR) is 78.0 cm³/mol. The Balaban J connectivity index is 2.07. The lowest BCUT2D eigenvalue weighted by atomic mass is 9.81. The van der Waals surface area contributed by atoms with Crippen molar-refractivity contribution in [3.8, 4) is 0 Å². The number of hydrogen-bond acceptors (Lipinski definition) is 2. The number of benzene rings is 1. The maximum Gasteiger partial charge on any atom is 0.240 e. The van der Waals surface area contributed by atoms with E-state index in [9.17, 15) is 9.18 Å². The molecule has 0 saturated heterocycles. The molecule has 3 nitrogen and oxygen atoms in total. The lowest BCUT2D eigenvalue weighted by Gasteiger charge is -2.33. The molecule has 0 bridgehead atoms. The van der Waals surface area contributed by atoms with Crippen molar-refractivity contribution in [2.45, 2.75) is 50.6 Å². The Morgan fingerprint density at radius 3 is 2.65 bits per heavy atom. The average molecular weight is 299 g/mol. The van der Waals surface area contributed by atoms with Crippen molar-refractivity contribution in [1.29, 1.82) is 0 Å². The number of hydrogen-bond donors (Lipinski definition) is 2. The highest BCUT2D eigenvalue weighted by Gasteiger charge is 2.35. The summed E-state index contributed by atoms with van der Waals surface area (Å²) in [5, 5.41) is 3.21. The number of rotatable bonds is 3. The van der Waals surface area contributed by atoms with Crippen LogP contribution in [0.4, 0.5) is 4.39 Å². The molecular formula is C15H20ClFN2O. The fourth-order valence-electron chi connectivity index (χ4n) is 2.68. The lowest BCUT2D eigenvalue weighted by Crippen LogP contribution is -2.55. The zero-order chi connectivity index (χ0) is 14.8. The topological polar surface area (TPSA) is 55.1 Å². The summed E-state index contributed by atoms with van der Waals surface area (Å²) in [5.41, 5.74) is 6.10. The molecule has 0 aromatic heterocycles. The van der Waals surface area contributed by atoms with Crippen LogP contribution in [0.25, 0.3) is 0 Å². The van der Waals surface area contributed by atoms with E-state index in [4.69, 9.17) is 17.3 Å². The molecule has 1 aliphatic rings. The Bertz CT molecular complexity index is 501. The van der Waals surface area contributed by atoms with E-state index in [1.54, 1.807) is 6.07 Å². The molecule has 1 saturated carbocycles. The number of nitrogens with two attached hydrogens (primary N) is 1. The molecule has 2 rings (SSSR count). The Labute approximate surface area is 123 Å². The van der Waals surface area contributed by atoms with Crippen molar-refractivity contribution in [1.82, 2.24) is 5.32 Å². The van der Waals surface area contributed by atoms with E-state index >= 15 is 0 Å². The van der Waals surface area contributed by atoms with Crippen LogP contribution in [0.15, 0.2) is 18.2 Å². The quantitative estimate of drug-likeness (QED) is 0.899. The van der Waals surface area contributed by atoms with Gasteiger partial charge in [-0.1, -0.05) is 36.9 Å². The second-order valence-electron chi connectivity index (χ2n) is 5.58. The van der Waals surface area contributed by atoms with Gasteiger partial charge in [0.1, 0.15) is 5.82 Å². The highest BCUT2D eigenvalue weighted by Crippen LogP contribution is 2.28. The van der Waals surface area contributed by atoms with Crippen LogP contribution >= 0.6 is 11.6 Å². The van der Waals surface area contributed by atoms with Gasteiger partial charge in [0.25, 0.3) is 0 Å². The second-order valence-corrected chi connectivity index (χ2v) is 5.98. The van der Waals surface area contributed by atoms with Gasteiger partial charge in [-0.3, -0.25) is 4.79 Å². The van der Waals surface area contributed by atoms with Gasteiger partial charge in [0.15, 0.2) is 0 Å². The molecule has 20 heavy (non-hydrogen) atoms. The maximum absolute atomic E-state index is 13.0. The molecule has 1 aliphatic carbocycles. The summed E-state index contributed by atoms with van der Waals surface area (Å²) in [6, 6.07) is 3.88. The molecule has 1 amide bonds. The summed E-state index contributed by atoms with van der Waals surface area (Å²) < 4.78 is 13.0. The smallest absolute Gasteiger partial charge is 0.240 e. The predicted octanol–water partition coefficient (Wildman–Crippen LogP) is 3.32. The molecule has 0 spiro atoms. The number of carbonyl (C=O) groups excluding carboxylic acids is 1. The van der Waals surface area contributed by atoms with Crippen LogP contribution in [-0.2, 0) is 4.79 Å². The third kappa shape index (κ3) is 3.30. The van der Waals surface area contributed by atoms with Crippen molar-refractivity contribution >= 4 is 17.5 Å². The molecule has 0 radical (unpaired) electrons. The first-order valence-electron chi connectivity index (χ1n) is 6.97. The van der Waals surface area contributed by atoms with E-state index in [1.165, 1.54) is 12.1 Å². The highest BCUT2D eigenvalue weighted by molar-refractivity contribution is 6.31. The number of amides is 1. The SMILES string of the molecule is CC(NC(=O)C1(N)CCCCC1)c1ccc(F)cc1Cl. The normalized spacial score (nSPS) is 19.4. The number of halogens is 2. The minimum absolute atomic E-state index is 0.148. The molecule has 0 aliphatic heterocycles. The van der Waals surface area contributed by atoms with Gasteiger partial charge in [-0.15, -0.1) is 0 Å². The van der Waals surface area contributed by atoms with E-state index < -0.39 is 5.54 Å². The lowest BCUT2D eigenvalue weighted by molar-refractivity contribution is -0.128. The molecule has 1 unspecified atom stereocenters. The van der Waals surface area contributed by atoms with Crippen molar-refractivity contribution in [3.63, 3.8) is 0 Å². The van der Waals surface area contributed by atoms with Gasteiger partial charge in [-0.25, -0.2) is 4.39 Å². The van der Waals surface area contributed by atoms with Gasteiger partial charge < -0.3 is 11.1 Å². The second kappa shape index (κ2) is 6.10. The van der Waals surface area contributed by atoms with E-state index in [1.807, 2.05) is 6.92 Å². The first kappa shape index (κ1) is 15.3. The molecule has 0 heterocycles. The minimum Gasteiger partial charge on any atom is -0.348 e. The van der Waals surface area contributed by atoms with Gasteiger partial charge >= 0.3 is 0 Å². The van der Waals surface area contributed by atoms with Crippen LogP contribution in [0.2, 0.25) is 5.02 Å². The average Bonchev–Trinajstić information content (AvgIpc) is 2.39. The van der Waals surface area contributed by atoms with Crippen LogP contribution < -0.4 is 11.1 Å². The van der Waals surface area contributed by atoms with Gasteiger partial charge in [0.2, 0.25) is 5.91 Å². The summed E-state index contributed by atoms with van der Waals surface area (Å²) >= 11 is 6.01. The van der Waals surface area contributed by atoms with Gasteiger partial charge in [-0.05, 0) is 37.5 Å². The van der Waals surface area contributed by atoms with E-state index in [0.717, 1.165) is 19.3 Å². The Morgan fingerprint density at radius 2 is 2.05 bits per heavy atom. The molecule has 1 aromatic rings. The minimum atomic E-state index is -0.779. The van der Waals surface area contributed by atoms with E-state index in [0.29, 0.717) is 23.4 Å². The van der Waals surface area contributed by atoms with Crippen LogP contribution in [0.1, 0.15) is 50.6 Å². The zero-order valence-corrected chi connectivity index (χ0v) is 12.3. The molecular weight excluding hydrogens is 279 g/mol. The molecule has 5 heteroatoms. The van der Waals surface area contributed by atoms with Gasteiger partial charge in [0, 0.05) is 5.02 Å². The van der Waals surface area contributed by atoms with Crippen molar-refractivity contribution in [3.05, 3.63) is 34.6 Å². The molecule has 1 atom stereocenters. The third-order valence-corrected chi connectivity index (χ3v) is 4.30. The molecule has 3 N–H and O–H groups in total. The van der Waals surface area contributed by atoms with Crippen molar-refractivity contribution in [2.24, 2.45) is 5.73 Å². The van der Waals surface area contributed by atoms with E-state index in [-0.39, 0.29) is 17.8 Å². The summed E-state index contributed by atoms with van der Waals surface area (Å²) in [5.74, 6) is -0.537. The van der Waals surface area contributed by atoms with Gasteiger partial charge in [0.05, 0.1) is 11.6 Å². The third-order valence-electron chi connectivity index (χ3n) is 3.97. The Morgan fingerprint density at radius 1 is 1.40 bits per heavy atom. The first-order chi connectivity index (χ1) is 9.42. The fourth-order valence-corrected chi connectivity index (χ4v) is 3.01. The summed E-state index contributed by atoms with van der Waals surface area (Å²) in [4.78, 5) is 12.3. The van der Waals surface area contributed by atoms with E-state index in [2.05, 4.69) is 5.32 Å². The monoisotopic (exact) mass is 298 g/mol. The van der Waals surface area contributed by atoms with Crippen LogP contribution in [0.5, 0.6) is 0 Å². The molecule has 1 aromatic carbocycles. The van der Waals surface area contributed by atoms with Crippen molar-refractivity contribution < 1.29 is 9.18 Å². The Kier molecular flexibility index (Phi) is 4.66. The number of nitrogens with one attached hydrogen (secondary N) is 1. The van der Waals surface area contributed by atoms with Crippen LogP contribution in [0, 0.1) is 5.82 Å². The molecule has 1 fully saturated rings. The van der Waals surface area contributed by atoms with Crippen molar-refractivity contribution in [2.75, 3.05) is 0 Å². The Hall–Kier alpha value is -1.13. The summed E-state index contributed by atoms with van der Waals surface area (Å²) in [6.07, 6.45) is 4.52. The van der Waals surface area contributed by atoms with Crippen LogP contribution in [-0.4, -0.2) is 11.4 Å². The van der Waals surface area contributed by atoms with Gasteiger partial charge in [-0.2, -0.15) is 0 Å². The first-order valence-corrected chi connectivity index (χ1v) is 7.35. The largest absolute Gasteiger partial charge is 0.348 e. The number of carbonyl (C=O) groups is 1.